The zero-order chi connectivity index (χ0) is 13.7. The predicted octanol–water partition coefficient (Wildman–Crippen LogP) is 2.91. The lowest BCUT2D eigenvalue weighted by Crippen LogP contribution is -2.50. The lowest BCUT2D eigenvalue weighted by Gasteiger charge is -2.27. The number of rotatable bonds is 7. The number of aryl methyl sites for hydroxylation is 1. The van der Waals surface area contributed by atoms with Crippen molar-refractivity contribution in [1.82, 2.24) is 5.32 Å². The van der Waals surface area contributed by atoms with Crippen LogP contribution in [0.25, 0.3) is 0 Å². The van der Waals surface area contributed by atoms with E-state index in [1.807, 2.05) is 19.1 Å². The van der Waals surface area contributed by atoms with E-state index in [1.54, 1.807) is 0 Å². The van der Waals surface area contributed by atoms with Gasteiger partial charge in [-0.05, 0) is 49.4 Å². The Morgan fingerprint density at radius 3 is 2.47 bits per heavy atom. The van der Waals surface area contributed by atoms with Crippen LogP contribution in [-0.4, -0.2) is 18.7 Å². The maximum absolute atomic E-state index is 9.49. The van der Waals surface area contributed by atoms with Crippen molar-refractivity contribution in [3.05, 3.63) is 29.8 Å². The predicted molar refractivity (Wildman–Crippen MR) is 76.1 cm³/mol. The Balaban J connectivity index is 2.00. The van der Waals surface area contributed by atoms with E-state index in [4.69, 9.17) is 4.74 Å². The van der Waals surface area contributed by atoms with Gasteiger partial charge in [0, 0.05) is 0 Å². The molecule has 2 rings (SSSR count). The third-order valence-electron chi connectivity index (χ3n) is 3.76. The highest BCUT2D eigenvalue weighted by Gasteiger charge is 2.46. The minimum atomic E-state index is -0.516. The van der Waals surface area contributed by atoms with Crippen LogP contribution in [0, 0.1) is 17.2 Å². The molecule has 0 spiro atoms. The molecule has 1 aliphatic carbocycles. The van der Waals surface area contributed by atoms with Crippen LogP contribution in [0.5, 0.6) is 5.75 Å². The lowest BCUT2D eigenvalue weighted by molar-refractivity contribution is 0.204. The molecule has 1 N–H and O–H groups in total. The van der Waals surface area contributed by atoms with Crippen molar-refractivity contribution in [3.63, 3.8) is 0 Å². The first-order valence-corrected chi connectivity index (χ1v) is 7.12. The van der Waals surface area contributed by atoms with E-state index < -0.39 is 5.54 Å². The van der Waals surface area contributed by atoms with Crippen molar-refractivity contribution in [2.24, 2.45) is 5.92 Å². The molecule has 3 nitrogen and oxygen atoms in total. The van der Waals surface area contributed by atoms with Gasteiger partial charge in [0.15, 0.2) is 0 Å². The number of nitrogens with one attached hydrogen (secondary N) is 1. The second-order valence-corrected chi connectivity index (χ2v) is 5.17. The molecule has 0 saturated heterocycles. The first kappa shape index (κ1) is 13.9. The van der Waals surface area contributed by atoms with E-state index >= 15 is 0 Å². The van der Waals surface area contributed by atoms with Gasteiger partial charge in [-0.15, -0.1) is 0 Å². The van der Waals surface area contributed by atoms with Crippen LogP contribution in [0.3, 0.4) is 0 Å². The topological polar surface area (TPSA) is 45.0 Å². The molecule has 0 heterocycles. The number of nitriles is 1. The summed E-state index contributed by atoms with van der Waals surface area (Å²) < 4.78 is 5.83. The summed E-state index contributed by atoms with van der Waals surface area (Å²) in [6.07, 6.45) is 3.28. The van der Waals surface area contributed by atoms with Crippen LogP contribution in [0.15, 0.2) is 24.3 Å². The van der Waals surface area contributed by atoms with Gasteiger partial charge in [-0.2, -0.15) is 5.26 Å². The molecule has 1 aromatic rings. The summed E-state index contributed by atoms with van der Waals surface area (Å²) in [6, 6.07) is 10.6. The molecule has 0 aliphatic heterocycles. The number of hydrogen-bond acceptors (Lipinski definition) is 3. The van der Waals surface area contributed by atoms with Gasteiger partial charge in [-0.3, -0.25) is 5.32 Å². The average molecular weight is 258 g/mol. The maximum Gasteiger partial charge on any atom is 0.143 e. The maximum atomic E-state index is 9.49. The van der Waals surface area contributed by atoms with Crippen LogP contribution in [-0.2, 0) is 6.42 Å². The van der Waals surface area contributed by atoms with Gasteiger partial charge in [0.2, 0.25) is 0 Å². The van der Waals surface area contributed by atoms with Crippen molar-refractivity contribution in [2.45, 2.75) is 38.6 Å². The number of nitrogens with zero attached hydrogens (tertiary/aromatic N) is 1. The molecule has 19 heavy (non-hydrogen) atoms. The first-order valence-electron chi connectivity index (χ1n) is 7.12. The number of benzene rings is 1. The van der Waals surface area contributed by atoms with Crippen molar-refractivity contribution in [2.75, 3.05) is 13.2 Å². The summed E-state index contributed by atoms with van der Waals surface area (Å²) in [6.45, 7) is 5.38. The number of likely N-dealkylation sites (N-methyl/N-ethyl adjacent to an activating group) is 1. The normalized spacial score (nSPS) is 17.5. The summed E-state index contributed by atoms with van der Waals surface area (Å²) in [7, 11) is 0. The Morgan fingerprint density at radius 2 is 2.00 bits per heavy atom. The largest absolute Gasteiger partial charge is 0.491 e. The minimum absolute atomic E-state index is 0.424. The van der Waals surface area contributed by atoms with Gasteiger partial charge in [0.1, 0.15) is 17.9 Å². The SMILES string of the molecule is CCNC(C#N)(COc1ccc(CC)cc1)C1CC1. The smallest absolute Gasteiger partial charge is 0.143 e. The lowest BCUT2D eigenvalue weighted by atomic mass is 9.96. The van der Waals surface area contributed by atoms with Gasteiger partial charge >= 0.3 is 0 Å². The van der Waals surface area contributed by atoms with Crippen LogP contribution >= 0.6 is 0 Å². The van der Waals surface area contributed by atoms with Gasteiger partial charge in [-0.25, -0.2) is 0 Å². The zero-order valence-corrected chi connectivity index (χ0v) is 11.8. The van der Waals surface area contributed by atoms with Crippen LogP contribution in [0.2, 0.25) is 0 Å². The van der Waals surface area contributed by atoms with E-state index in [0.29, 0.717) is 12.5 Å². The monoisotopic (exact) mass is 258 g/mol. The summed E-state index contributed by atoms with van der Waals surface area (Å²) in [5.41, 5.74) is 0.783. The van der Waals surface area contributed by atoms with Crippen molar-refractivity contribution in [3.8, 4) is 11.8 Å². The second-order valence-electron chi connectivity index (χ2n) is 5.17. The Bertz CT molecular complexity index is 445. The minimum Gasteiger partial charge on any atom is -0.491 e. The molecular weight excluding hydrogens is 236 g/mol. The summed E-state index contributed by atoms with van der Waals surface area (Å²) >= 11 is 0. The zero-order valence-electron chi connectivity index (χ0n) is 11.8. The van der Waals surface area contributed by atoms with E-state index in [2.05, 4.69) is 30.4 Å². The van der Waals surface area contributed by atoms with Gasteiger partial charge < -0.3 is 4.74 Å². The molecule has 1 aromatic carbocycles. The molecule has 0 bridgehead atoms. The molecule has 1 atom stereocenters. The van der Waals surface area contributed by atoms with Crippen molar-refractivity contribution >= 4 is 0 Å². The Labute approximate surface area is 115 Å². The first-order chi connectivity index (χ1) is 9.24. The summed E-state index contributed by atoms with van der Waals surface area (Å²) in [5, 5.41) is 12.8. The Hall–Kier alpha value is -1.53. The molecule has 1 fully saturated rings. The van der Waals surface area contributed by atoms with Crippen molar-refractivity contribution in [1.29, 1.82) is 5.26 Å². The molecule has 0 amide bonds. The highest BCUT2D eigenvalue weighted by molar-refractivity contribution is 5.28. The molecule has 3 heteroatoms. The number of hydrogen-bond donors (Lipinski definition) is 1. The van der Waals surface area contributed by atoms with Crippen molar-refractivity contribution < 1.29 is 4.74 Å². The van der Waals surface area contributed by atoms with Crippen LogP contribution < -0.4 is 10.1 Å². The standard InChI is InChI=1S/C16H22N2O/c1-3-13-5-9-15(10-6-13)19-12-16(11-17,18-4-2)14-7-8-14/h5-6,9-10,14,18H,3-4,7-8,12H2,1-2H3. The van der Waals surface area contributed by atoms with Crippen LogP contribution in [0.4, 0.5) is 0 Å². The molecule has 0 aromatic heterocycles. The van der Waals surface area contributed by atoms with Gasteiger partial charge in [-0.1, -0.05) is 26.0 Å². The molecule has 1 saturated carbocycles. The summed E-state index contributed by atoms with van der Waals surface area (Å²) in [5.74, 6) is 1.28. The third kappa shape index (κ3) is 3.27. The molecule has 1 unspecified atom stereocenters. The van der Waals surface area contributed by atoms with Gasteiger partial charge in [0.05, 0.1) is 6.07 Å². The third-order valence-corrected chi connectivity index (χ3v) is 3.76. The van der Waals surface area contributed by atoms with E-state index in [-0.39, 0.29) is 0 Å². The quantitative estimate of drug-likeness (QED) is 0.818. The molecule has 1 aliphatic rings. The Morgan fingerprint density at radius 1 is 1.32 bits per heavy atom. The highest BCUT2D eigenvalue weighted by atomic mass is 16.5. The molecule has 102 valence electrons. The Kier molecular flexibility index (Phi) is 4.44. The van der Waals surface area contributed by atoms with E-state index in [0.717, 1.165) is 31.6 Å². The number of ether oxygens (including phenoxy) is 1. The highest BCUT2D eigenvalue weighted by Crippen LogP contribution is 2.39. The molecule has 0 radical (unpaired) electrons. The second kappa shape index (κ2) is 6.08. The fourth-order valence-corrected chi connectivity index (χ4v) is 2.39. The summed E-state index contributed by atoms with van der Waals surface area (Å²) in [4.78, 5) is 0. The average Bonchev–Trinajstić information content (AvgIpc) is 3.29. The molecular formula is C16H22N2O. The van der Waals surface area contributed by atoms with E-state index in [9.17, 15) is 5.26 Å². The fraction of sp³-hybridized carbons (Fsp3) is 0.562. The van der Waals surface area contributed by atoms with E-state index in [1.165, 1.54) is 5.56 Å². The fourth-order valence-electron chi connectivity index (χ4n) is 2.39. The van der Waals surface area contributed by atoms with Gasteiger partial charge in [0.25, 0.3) is 0 Å². The van der Waals surface area contributed by atoms with Crippen LogP contribution in [0.1, 0.15) is 32.3 Å².